The first-order valence-corrected chi connectivity index (χ1v) is 10.6. The maximum absolute atomic E-state index is 14.7. The van der Waals surface area contributed by atoms with Crippen LogP contribution in [0.25, 0.3) is 23.0 Å². The zero-order valence-electron chi connectivity index (χ0n) is 18.5. The second-order valence-electron chi connectivity index (χ2n) is 9.14. The van der Waals surface area contributed by atoms with E-state index in [1.807, 2.05) is 6.07 Å². The van der Waals surface area contributed by atoms with Crippen molar-refractivity contribution >= 4 is 6.08 Å². The molecule has 3 atom stereocenters. The topological polar surface area (TPSA) is 98.0 Å². The molecule has 172 valence electrons. The first kappa shape index (κ1) is 21.6. The quantitative estimate of drug-likeness (QED) is 0.624. The Morgan fingerprint density at radius 3 is 2.73 bits per heavy atom. The predicted octanol–water partition coefficient (Wildman–Crippen LogP) is 3.38. The van der Waals surface area contributed by atoms with E-state index in [1.54, 1.807) is 48.4 Å². The number of phenolic OH excluding ortho intramolecular Hbond substituents is 1. The number of aromatic hydroxyl groups is 1. The molecule has 5 rings (SSSR count). The molecule has 4 heterocycles. The Kier molecular flexibility index (Phi) is 4.84. The number of nitrogens with zero attached hydrogens (tertiary/aromatic N) is 5. The zero-order valence-corrected chi connectivity index (χ0v) is 18.5. The third-order valence-electron chi connectivity index (χ3n) is 6.62. The number of nitrogens with one attached hydrogen (secondary N) is 1. The first-order valence-electron chi connectivity index (χ1n) is 10.6. The van der Waals surface area contributed by atoms with Crippen molar-refractivity contribution in [3.63, 3.8) is 0 Å². The molecule has 8 nitrogen and oxygen atoms in total. The number of benzene rings is 1. The van der Waals surface area contributed by atoms with Crippen LogP contribution in [0.3, 0.4) is 0 Å². The van der Waals surface area contributed by atoms with E-state index in [1.165, 1.54) is 20.2 Å². The average Bonchev–Trinajstić information content (AvgIpc) is 3.32. The van der Waals surface area contributed by atoms with Gasteiger partial charge >= 0.3 is 0 Å². The number of aromatic nitrogens is 5. The van der Waals surface area contributed by atoms with Crippen LogP contribution in [-0.4, -0.2) is 60.1 Å². The molecule has 2 bridgehead atoms. The monoisotopic (exact) mass is 454 g/mol. The normalized spacial score (nSPS) is 29.5. The fraction of sp³-hybridized carbons (Fsp3) is 0.391. The summed E-state index contributed by atoms with van der Waals surface area (Å²) < 4.78 is 36.8. The van der Waals surface area contributed by atoms with E-state index in [4.69, 9.17) is 4.74 Å². The molecule has 0 saturated carbocycles. The van der Waals surface area contributed by atoms with E-state index in [0.717, 1.165) is 5.69 Å². The molecule has 2 aliphatic heterocycles. The van der Waals surface area contributed by atoms with Crippen molar-refractivity contribution in [3.8, 4) is 22.7 Å². The Morgan fingerprint density at radius 2 is 2.09 bits per heavy atom. The zero-order chi connectivity index (χ0) is 23.4. The number of fused-ring (bicyclic) bond motifs is 2. The summed E-state index contributed by atoms with van der Waals surface area (Å²) in [5, 5.41) is 21.9. The van der Waals surface area contributed by atoms with Crippen LogP contribution in [0.15, 0.2) is 48.7 Å². The number of imidazole rings is 1. The molecule has 2 N–H and O–H groups in total. The Morgan fingerprint density at radius 1 is 1.27 bits per heavy atom. The highest BCUT2D eigenvalue weighted by Gasteiger charge is 2.67. The fourth-order valence-electron chi connectivity index (χ4n) is 5.15. The van der Waals surface area contributed by atoms with Gasteiger partial charge in [-0.2, -0.15) is 0 Å². The largest absolute Gasteiger partial charge is 0.507 e. The summed E-state index contributed by atoms with van der Waals surface area (Å²) >= 11 is 0. The summed E-state index contributed by atoms with van der Waals surface area (Å²) in [7, 11) is 1.52. The van der Waals surface area contributed by atoms with Gasteiger partial charge < -0.3 is 14.4 Å². The van der Waals surface area contributed by atoms with Crippen molar-refractivity contribution < 1.29 is 18.6 Å². The lowest BCUT2D eigenvalue weighted by Gasteiger charge is -2.43. The Bertz CT molecular complexity index is 1210. The Hall–Kier alpha value is -3.24. The number of piperidine rings is 1. The third-order valence-corrected chi connectivity index (χ3v) is 6.62. The van der Waals surface area contributed by atoms with E-state index < -0.39 is 23.1 Å². The highest BCUT2D eigenvalue weighted by molar-refractivity contribution is 5.68. The minimum atomic E-state index is -2.86. The molecule has 2 fully saturated rings. The van der Waals surface area contributed by atoms with Gasteiger partial charge in [0.15, 0.2) is 5.82 Å². The van der Waals surface area contributed by atoms with Crippen molar-refractivity contribution in [2.75, 3.05) is 7.11 Å². The molecule has 3 aromatic rings. The molecule has 1 aromatic carbocycles. The van der Waals surface area contributed by atoms with E-state index >= 15 is 0 Å². The molecule has 10 heteroatoms. The summed E-state index contributed by atoms with van der Waals surface area (Å²) in [6.07, 6.45) is 7.49. The van der Waals surface area contributed by atoms with Gasteiger partial charge in [0, 0.05) is 37.6 Å². The fourth-order valence-corrected chi connectivity index (χ4v) is 5.15. The molecular weight excluding hydrogens is 430 g/mol. The molecule has 0 aliphatic carbocycles. The summed E-state index contributed by atoms with van der Waals surface area (Å²) in [6, 6.07) is 5.15. The third kappa shape index (κ3) is 3.50. The number of halogens is 2. The minimum Gasteiger partial charge on any atom is -0.507 e. The van der Waals surface area contributed by atoms with Gasteiger partial charge in [-0.1, -0.05) is 0 Å². The maximum Gasteiger partial charge on any atom is 0.267 e. The van der Waals surface area contributed by atoms with Gasteiger partial charge in [0.2, 0.25) is 0 Å². The number of methoxy groups -OCH3 is 1. The van der Waals surface area contributed by atoms with Crippen LogP contribution in [-0.2, 0) is 4.74 Å². The number of phenols is 1. The molecule has 0 radical (unpaired) electrons. The standard InChI is InChI=1S/C23H24F2N6O2/c1-21-12-23(24,25)22(2,30-21)10-14(20(21)33-3)8-19-27-11-17(28-29-19)16-5-4-15(9-18(16)32)31-7-6-26-13-31/h4-9,11,13,20,30,32H,10,12H2,1-3H3/b14-8-/t20-,21-,22-/m1/s1. The van der Waals surface area contributed by atoms with E-state index in [-0.39, 0.29) is 18.6 Å². The van der Waals surface area contributed by atoms with Crippen LogP contribution in [0, 0.1) is 0 Å². The van der Waals surface area contributed by atoms with Gasteiger partial charge in [-0.25, -0.2) is 18.7 Å². The SMILES string of the molecule is CO[C@@H]1/C(=C\c2ncc(-c3ccc(-n4ccnc4)cc3O)nn2)C[C@@]2(C)N[C@]1(C)CC2(F)F. The molecule has 0 unspecified atom stereocenters. The highest BCUT2D eigenvalue weighted by Crippen LogP contribution is 2.53. The van der Waals surface area contributed by atoms with Crippen LogP contribution in [0.2, 0.25) is 0 Å². The molecule has 2 aromatic heterocycles. The smallest absolute Gasteiger partial charge is 0.267 e. The van der Waals surface area contributed by atoms with Crippen molar-refractivity contribution in [3.05, 3.63) is 54.5 Å². The number of hydrogen-bond donors (Lipinski definition) is 2. The van der Waals surface area contributed by atoms with Crippen molar-refractivity contribution in [1.82, 2.24) is 30.0 Å². The number of alkyl halides is 2. The summed E-state index contributed by atoms with van der Waals surface area (Å²) in [5.74, 6) is -2.54. The number of rotatable bonds is 4. The van der Waals surface area contributed by atoms with Crippen LogP contribution in [0.1, 0.15) is 32.5 Å². The lowest BCUT2D eigenvalue weighted by Crippen LogP contribution is -2.61. The van der Waals surface area contributed by atoms with Crippen LogP contribution >= 0.6 is 0 Å². The minimum absolute atomic E-state index is 0.0286. The molecule has 2 aliphatic rings. The lowest BCUT2D eigenvalue weighted by molar-refractivity contribution is -0.0524. The highest BCUT2D eigenvalue weighted by atomic mass is 19.3. The number of ether oxygens (including phenoxy) is 1. The summed E-state index contributed by atoms with van der Waals surface area (Å²) in [5.41, 5.74) is 0.0613. The molecule has 0 spiro atoms. The van der Waals surface area contributed by atoms with Crippen LogP contribution < -0.4 is 5.32 Å². The predicted molar refractivity (Wildman–Crippen MR) is 117 cm³/mol. The van der Waals surface area contributed by atoms with Crippen molar-refractivity contribution in [1.29, 1.82) is 0 Å². The molecular formula is C23H24F2N6O2. The van der Waals surface area contributed by atoms with Gasteiger partial charge in [0.25, 0.3) is 5.92 Å². The number of hydrogen-bond acceptors (Lipinski definition) is 7. The second kappa shape index (κ2) is 7.39. The molecule has 33 heavy (non-hydrogen) atoms. The van der Waals surface area contributed by atoms with Crippen LogP contribution in [0.4, 0.5) is 8.78 Å². The Balaban J connectivity index is 1.43. The maximum atomic E-state index is 14.7. The summed E-state index contributed by atoms with van der Waals surface area (Å²) in [4.78, 5) is 8.34. The van der Waals surface area contributed by atoms with Crippen molar-refractivity contribution in [2.45, 2.75) is 49.8 Å². The van der Waals surface area contributed by atoms with E-state index in [2.05, 4.69) is 25.5 Å². The Labute approximate surface area is 189 Å². The van der Waals surface area contributed by atoms with E-state index in [9.17, 15) is 13.9 Å². The van der Waals surface area contributed by atoms with Crippen LogP contribution in [0.5, 0.6) is 5.75 Å². The molecule has 2 saturated heterocycles. The second-order valence-corrected chi connectivity index (χ2v) is 9.14. The van der Waals surface area contributed by atoms with Gasteiger partial charge in [-0.05, 0) is 44.1 Å². The van der Waals surface area contributed by atoms with Gasteiger partial charge in [-0.3, -0.25) is 5.32 Å². The molecule has 0 amide bonds. The summed E-state index contributed by atoms with van der Waals surface area (Å²) in [6.45, 7) is 3.29. The van der Waals surface area contributed by atoms with Gasteiger partial charge in [0.05, 0.1) is 35.4 Å². The lowest BCUT2D eigenvalue weighted by atomic mass is 9.81. The van der Waals surface area contributed by atoms with Crippen molar-refractivity contribution in [2.24, 2.45) is 0 Å². The van der Waals surface area contributed by atoms with E-state index in [0.29, 0.717) is 22.7 Å². The van der Waals surface area contributed by atoms with Gasteiger partial charge in [0.1, 0.15) is 11.4 Å². The van der Waals surface area contributed by atoms with Gasteiger partial charge in [-0.15, -0.1) is 10.2 Å². The first-order chi connectivity index (χ1) is 15.6. The average molecular weight is 454 g/mol.